The standard InChI is InChI=1S/C17H26O3/c1-17(2,3)20-16(19)13-15(11-7-8-12-18)14-9-5-4-6-10-14/h4-6,9-10,15,18H,7-8,11-13H2,1-3H3. The number of carbonyl (C=O) groups is 1. The topological polar surface area (TPSA) is 46.5 Å². The van der Waals surface area contributed by atoms with Gasteiger partial charge in [-0.15, -0.1) is 0 Å². The minimum atomic E-state index is -0.441. The molecule has 0 heterocycles. The molecule has 1 aromatic rings. The van der Waals surface area contributed by atoms with Crippen LogP contribution in [0.15, 0.2) is 30.3 Å². The number of ether oxygens (including phenoxy) is 1. The molecule has 1 aromatic carbocycles. The first-order valence-corrected chi connectivity index (χ1v) is 7.30. The summed E-state index contributed by atoms with van der Waals surface area (Å²) in [6.45, 7) is 5.85. The fourth-order valence-electron chi connectivity index (χ4n) is 2.20. The van der Waals surface area contributed by atoms with E-state index < -0.39 is 5.60 Å². The number of carbonyl (C=O) groups excluding carboxylic acids is 1. The van der Waals surface area contributed by atoms with Gasteiger partial charge in [-0.1, -0.05) is 36.8 Å². The zero-order valence-electron chi connectivity index (χ0n) is 12.8. The molecule has 1 unspecified atom stereocenters. The molecule has 20 heavy (non-hydrogen) atoms. The van der Waals surface area contributed by atoms with Crippen molar-refractivity contribution < 1.29 is 14.6 Å². The average molecular weight is 278 g/mol. The van der Waals surface area contributed by atoms with Crippen molar-refractivity contribution >= 4 is 5.97 Å². The van der Waals surface area contributed by atoms with Gasteiger partial charge in [-0.05, 0) is 45.1 Å². The van der Waals surface area contributed by atoms with E-state index in [1.165, 1.54) is 0 Å². The van der Waals surface area contributed by atoms with Crippen molar-refractivity contribution in [1.29, 1.82) is 0 Å². The highest BCUT2D eigenvalue weighted by atomic mass is 16.6. The Morgan fingerprint density at radius 2 is 1.85 bits per heavy atom. The van der Waals surface area contributed by atoms with Gasteiger partial charge in [-0.25, -0.2) is 0 Å². The quantitative estimate of drug-likeness (QED) is 0.611. The predicted octanol–water partition coefficient (Wildman–Crippen LogP) is 3.66. The van der Waals surface area contributed by atoms with E-state index in [9.17, 15) is 4.79 Å². The van der Waals surface area contributed by atoms with Gasteiger partial charge in [0.25, 0.3) is 0 Å². The molecule has 0 saturated carbocycles. The number of rotatable bonds is 7. The van der Waals surface area contributed by atoms with Crippen LogP contribution in [0.25, 0.3) is 0 Å². The van der Waals surface area contributed by atoms with Gasteiger partial charge in [0.2, 0.25) is 0 Å². The highest BCUT2D eigenvalue weighted by molar-refractivity contribution is 5.71. The van der Waals surface area contributed by atoms with Crippen molar-refractivity contribution in [2.24, 2.45) is 0 Å². The smallest absolute Gasteiger partial charge is 0.306 e. The summed E-state index contributed by atoms with van der Waals surface area (Å²) in [6, 6.07) is 10.1. The van der Waals surface area contributed by atoms with Gasteiger partial charge in [-0.3, -0.25) is 4.79 Å². The third-order valence-corrected chi connectivity index (χ3v) is 3.06. The van der Waals surface area contributed by atoms with E-state index >= 15 is 0 Å². The number of benzene rings is 1. The average Bonchev–Trinajstić information content (AvgIpc) is 2.37. The third kappa shape index (κ3) is 6.71. The van der Waals surface area contributed by atoms with Gasteiger partial charge in [0, 0.05) is 6.61 Å². The number of esters is 1. The van der Waals surface area contributed by atoms with E-state index in [1.807, 2.05) is 51.1 Å². The Balaban J connectivity index is 2.65. The lowest BCUT2D eigenvalue weighted by Crippen LogP contribution is -2.25. The highest BCUT2D eigenvalue weighted by Crippen LogP contribution is 2.26. The maximum absolute atomic E-state index is 12.0. The second-order valence-electron chi connectivity index (χ2n) is 6.12. The van der Waals surface area contributed by atoms with Crippen molar-refractivity contribution in [2.75, 3.05) is 6.61 Å². The van der Waals surface area contributed by atoms with Crippen molar-refractivity contribution in [3.05, 3.63) is 35.9 Å². The lowest BCUT2D eigenvalue weighted by molar-refractivity contribution is -0.155. The van der Waals surface area contributed by atoms with Gasteiger partial charge < -0.3 is 9.84 Å². The normalized spacial score (nSPS) is 13.0. The summed E-state index contributed by atoms with van der Waals surface area (Å²) in [4.78, 5) is 12.0. The van der Waals surface area contributed by atoms with E-state index in [0.717, 1.165) is 24.8 Å². The monoisotopic (exact) mass is 278 g/mol. The molecule has 0 bridgehead atoms. The van der Waals surface area contributed by atoms with Crippen molar-refractivity contribution in [3.63, 3.8) is 0 Å². The van der Waals surface area contributed by atoms with Gasteiger partial charge >= 0.3 is 5.97 Å². The first-order valence-electron chi connectivity index (χ1n) is 7.30. The van der Waals surface area contributed by atoms with E-state index in [4.69, 9.17) is 9.84 Å². The van der Waals surface area contributed by atoms with Gasteiger partial charge in [0.05, 0.1) is 6.42 Å². The zero-order chi connectivity index (χ0) is 15.0. The number of aliphatic hydroxyl groups is 1. The lowest BCUT2D eigenvalue weighted by atomic mass is 9.90. The van der Waals surface area contributed by atoms with Crippen LogP contribution in [0, 0.1) is 0 Å². The molecule has 0 amide bonds. The molecule has 0 aliphatic carbocycles. The minimum absolute atomic E-state index is 0.157. The molecule has 0 aliphatic rings. The molecular formula is C17H26O3. The minimum Gasteiger partial charge on any atom is -0.460 e. The van der Waals surface area contributed by atoms with Gasteiger partial charge in [0.1, 0.15) is 5.60 Å². The second kappa shape index (κ2) is 8.05. The Kier molecular flexibility index (Phi) is 6.73. The van der Waals surface area contributed by atoms with Crippen LogP contribution in [-0.4, -0.2) is 23.3 Å². The molecule has 3 nitrogen and oxygen atoms in total. The van der Waals surface area contributed by atoms with Gasteiger partial charge in [0.15, 0.2) is 0 Å². The summed E-state index contributed by atoms with van der Waals surface area (Å²) < 4.78 is 5.41. The molecule has 1 atom stereocenters. The van der Waals surface area contributed by atoms with Crippen LogP contribution in [0.3, 0.4) is 0 Å². The van der Waals surface area contributed by atoms with Crippen LogP contribution in [0.5, 0.6) is 0 Å². The first-order chi connectivity index (χ1) is 9.42. The number of aliphatic hydroxyl groups excluding tert-OH is 1. The molecule has 0 aliphatic heterocycles. The van der Waals surface area contributed by atoms with E-state index in [2.05, 4.69) is 0 Å². The number of hydrogen-bond acceptors (Lipinski definition) is 3. The molecule has 0 fully saturated rings. The molecule has 1 rings (SSSR count). The molecule has 0 aromatic heterocycles. The summed E-state index contributed by atoms with van der Waals surface area (Å²) in [5.74, 6) is 0.00736. The maximum Gasteiger partial charge on any atom is 0.306 e. The van der Waals surface area contributed by atoms with Crippen molar-refractivity contribution in [3.8, 4) is 0 Å². The van der Waals surface area contributed by atoms with E-state index in [1.54, 1.807) is 0 Å². The summed E-state index contributed by atoms with van der Waals surface area (Å²) in [5, 5.41) is 8.89. The SMILES string of the molecule is CC(C)(C)OC(=O)CC(CCCCO)c1ccccc1. The molecule has 3 heteroatoms. The predicted molar refractivity (Wildman–Crippen MR) is 80.6 cm³/mol. The first kappa shape index (κ1) is 16.7. The van der Waals surface area contributed by atoms with Crippen LogP contribution in [0.2, 0.25) is 0 Å². The molecule has 112 valence electrons. The van der Waals surface area contributed by atoms with Crippen LogP contribution >= 0.6 is 0 Å². The van der Waals surface area contributed by atoms with Crippen molar-refractivity contribution in [2.45, 2.75) is 58.0 Å². The maximum atomic E-state index is 12.0. The summed E-state index contributed by atoms with van der Waals surface area (Å²) in [7, 11) is 0. The summed E-state index contributed by atoms with van der Waals surface area (Å²) in [5.41, 5.74) is 0.722. The Hall–Kier alpha value is -1.35. The van der Waals surface area contributed by atoms with Crippen LogP contribution in [-0.2, 0) is 9.53 Å². The van der Waals surface area contributed by atoms with Crippen LogP contribution in [0.4, 0.5) is 0 Å². The third-order valence-electron chi connectivity index (χ3n) is 3.06. The Labute approximate surface area is 122 Å². The summed E-state index contributed by atoms with van der Waals surface area (Å²) >= 11 is 0. The van der Waals surface area contributed by atoms with Crippen LogP contribution in [0.1, 0.15) is 57.9 Å². The Morgan fingerprint density at radius 1 is 1.20 bits per heavy atom. The number of hydrogen-bond donors (Lipinski definition) is 1. The fraction of sp³-hybridized carbons (Fsp3) is 0.588. The molecule has 1 N–H and O–H groups in total. The molecule has 0 spiro atoms. The molecular weight excluding hydrogens is 252 g/mol. The zero-order valence-corrected chi connectivity index (χ0v) is 12.8. The Morgan fingerprint density at radius 3 is 2.40 bits per heavy atom. The largest absolute Gasteiger partial charge is 0.460 e. The molecule has 0 radical (unpaired) electrons. The second-order valence-corrected chi connectivity index (χ2v) is 6.12. The Bertz CT molecular complexity index is 392. The highest BCUT2D eigenvalue weighted by Gasteiger charge is 2.21. The number of unbranched alkanes of at least 4 members (excludes halogenated alkanes) is 1. The van der Waals surface area contributed by atoms with Crippen LogP contribution < -0.4 is 0 Å². The van der Waals surface area contributed by atoms with Gasteiger partial charge in [-0.2, -0.15) is 0 Å². The van der Waals surface area contributed by atoms with E-state index in [-0.39, 0.29) is 18.5 Å². The van der Waals surface area contributed by atoms with Crippen molar-refractivity contribution in [1.82, 2.24) is 0 Å². The lowest BCUT2D eigenvalue weighted by Gasteiger charge is -2.22. The van der Waals surface area contributed by atoms with E-state index in [0.29, 0.717) is 6.42 Å². The molecule has 0 saturated heterocycles. The fourth-order valence-corrected chi connectivity index (χ4v) is 2.20. The summed E-state index contributed by atoms with van der Waals surface area (Å²) in [6.07, 6.45) is 2.98.